The van der Waals surface area contributed by atoms with Gasteiger partial charge in [0.2, 0.25) is 0 Å². The molecule has 2 nitrogen and oxygen atoms in total. The van der Waals surface area contributed by atoms with Crippen molar-refractivity contribution in [2.75, 3.05) is 4.90 Å². The van der Waals surface area contributed by atoms with Crippen molar-refractivity contribution in [1.82, 2.24) is 0 Å². The molecule has 0 N–H and O–H groups in total. The average Bonchev–Trinajstić information content (AvgIpc) is 2.35. The van der Waals surface area contributed by atoms with Gasteiger partial charge in [-0.3, -0.25) is 9.69 Å². The number of nitrogens with zero attached hydrogens (tertiary/aromatic N) is 1. The van der Waals surface area contributed by atoms with Crippen LogP contribution < -0.4 is 4.90 Å². The van der Waals surface area contributed by atoms with Crippen LogP contribution in [0.2, 0.25) is 0 Å². The second kappa shape index (κ2) is 4.24. The minimum absolute atomic E-state index is 0.0184. The van der Waals surface area contributed by atoms with Crippen LogP contribution in [0.15, 0.2) is 53.5 Å². The summed E-state index contributed by atoms with van der Waals surface area (Å²) >= 11 is 7.50. The van der Waals surface area contributed by atoms with Crippen LogP contribution in [-0.4, -0.2) is 16.7 Å². The molecule has 4 heteroatoms. The maximum Gasteiger partial charge on any atom is 0.321 e. The lowest BCUT2D eigenvalue weighted by Crippen LogP contribution is -2.45. The van der Waals surface area contributed by atoms with Crippen LogP contribution in [0.4, 0.5) is 10.5 Å². The van der Waals surface area contributed by atoms with Crippen LogP contribution in [0.5, 0.6) is 0 Å². The maximum atomic E-state index is 11.6. The van der Waals surface area contributed by atoms with Crippen molar-refractivity contribution in [3.63, 3.8) is 0 Å². The summed E-state index contributed by atoms with van der Waals surface area (Å²) in [6, 6.07) is 7.88. The molecule has 17 heavy (non-hydrogen) atoms. The SMILES string of the molecule is O=C(Cl)N1c2ccccc2SC2C=CC=CC21. The predicted molar refractivity (Wildman–Crippen MR) is 71.9 cm³/mol. The molecule has 2 aliphatic rings. The maximum absolute atomic E-state index is 11.6. The number of allylic oxidation sites excluding steroid dienone is 2. The van der Waals surface area contributed by atoms with Gasteiger partial charge >= 0.3 is 5.37 Å². The van der Waals surface area contributed by atoms with E-state index in [0.29, 0.717) is 0 Å². The van der Waals surface area contributed by atoms with Crippen LogP contribution in [0.1, 0.15) is 0 Å². The van der Waals surface area contributed by atoms with Gasteiger partial charge in [0.05, 0.1) is 17.0 Å². The highest BCUT2D eigenvalue weighted by Gasteiger charge is 2.35. The zero-order valence-electron chi connectivity index (χ0n) is 8.92. The van der Waals surface area contributed by atoms with E-state index >= 15 is 0 Å². The fourth-order valence-electron chi connectivity index (χ4n) is 2.19. The third-order valence-corrected chi connectivity index (χ3v) is 4.42. The van der Waals surface area contributed by atoms with E-state index < -0.39 is 5.37 Å². The highest BCUT2D eigenvalue weighted by molar-refractivity contribution is 8.00. The number of amides is 1. The van der Waals surface area contributed by atoms with Gasteiger partial charge in [-0.15, -0.1) is 11.8 Å². The Morgan fingerprint density at radius 2 is 2.00 bits per heavy atom. The highest BCUT2D eigenvalue weighted by Crippen LogP contribution is 2.43. The van der Waals surface area contributed by atoms with E-state index in [0.717, 1.165) is 10.6 Å². The summed E-state index contributed by atoms with van der Waals surface area (Å²) in [5.74, 6) is 0. The van der Waals surface area contributed by atoms with Gasteiger partial charge in [0, 0.05) is 4.90 Å². The van der Waals surface area contributed by atoms with E-state index in [1.807, 2.05) is 42.5 Å². The number of halogens is 1. The highest BCUT2D eigenvalue weighted by atomic mass is 35.5. The standard InChI is InChI=1S/C13H10ClNOS/c14-13(16)15-9-5-1-3-7-11(9)17-12-8-4-2-6-10(12)15/h1-9,11H. The second-order valence-electron chi connectivity index (χ2n) is 3.93. The minimum Gasteiger partial charge on any atom is -0.289 e. The zero-order chi connectivity index (χ0) is 11.8. The van der Waals surface area contributed by atoms with Gasteiger partial charge in [0.15, 0.2) is 0 Å². The van der Waals surface area contributed by atoms with Gasteiger partial charge < -0.3 is 0 Å². The lowest BCUT2D eigenvalue weighted by molar-refractivity contribution is 0.263. The molecule has 1 aromatic rings. The molecule has 1 aromatic carbocycles. The first-order valence-corrected chi connectivity index (χ1v) is 6.62. The van der Waals surface area contributed by atoms with Gasteiger partial charge in [-0.2, -0.15) is 0 Å². The van der Waals surface area contributed by atoms with Crippen molar-refractivity contribution in [3.05, 3.63) is 48.6 Å². The van der Waals surface area contributed by atoms with E-state index in [2.05, 4.69) is 6.08 Å². The van der Waals surface area contributed by atoms with E-state index in [1.165, 1.54) is 0 Å². The Labute approximate surface area is 109 Å². The molecular formula is C13H10ClNOS. The van der Waals surface area contributed by atoms with E-state index in [1.54, 1.807) is 16.7 Å². The van der Waals surface area contributed by atoms with Gasteiger partial charge in [0.25, 0.3) is 0 Å². The molecule has 2 unspecified atom stereocenters. The number of carbonyl (C=O) groups excluding carboxylic acids is 1. The van der Waals surface area contributed by atoms with E-state index in [-0.39, 0.29) is 11.3 Å². The number of thioether (sulfide) groups is 1. The molecule has 0 saturated heterocycles. The number of rotatable bonds is 0. The zero-order valence-corrected chi connectivity index (χ0v) is 10.5. The third-order valence-electron chi connectivity index (χ3n) is 2.93. The molecule has 1 aliphatic heterocycles. The molecular weight excluding hydrogens is 254 g/mol. The Morgan fingerprint density at radius 1 is 1.24 bits per heavy atom. The van der Waals surface area contributed by atoms with Crippen molar-refractivity contribution in [2.24, 2.45) is 0 Å². The van der Waals surface area contributed by atoms with Crippen LogP contribution in [0.25, 0.3) is 0 Å². The van der Waals surface area contributed by atoms with E-state index in [9.17, 15) is 4.79 Å². The first-order chi connectivity index (χ1) is 8.27. The van der Waals surface area contributed by atoms with Gasteiger partial charge in [0.1, 0.15) is 0 Å². The fraction of sp³-hybridized carbons (Fsp3) is 0.154. The van der Waals surface area contributed by atoms with Crippen molar-refractivity contribution < 1.29 is 4.79 Å². The average molecular weight is 264 g/mol. The number of carbonyl (C=O) groups is 1. The Kier molecular flexibility index (Phi) is 2.73. The molecule has 1 aliphatic carbocycles. The van der Waals surface area contributed by atoms with Gasteiger partial charge in [-0.05, 0) is 23.7 Å². The van der Waals surface area contributed by atoms with Crippen molar-refractivity contribution >= 4 is 34.4 Å². The molecule has 0 fully saturated rings. The Morgan fingerprint density at radius 3 is 2.82 bits per heavy atom. The number of hydrogen-bond donors (Lipinski definition) is 0. The molecule has 1 amide bonds. The smallest absolute Gasteiger partial charge is 0.289 e. The number of hydrogen-bond acceptors (Lipinski definition) is 2. The summed E-state index contributed by atoms with van der Waals surface area (Å²) in [5.41, 5.74) is 0.902. The largest absolute Gasteiger partial charge is 0.321 e. The topological polar surface area (TPSA) is 20.3 Å². The van der Waals surface area contributed by atoms with Crippen LogP contribution in [0.3, 0.4) is 0 Å². The van der Waals surface area contributed by atoms with Crippen molar-refractivity contribution in [2.45, 2.75) is 16.2 Å². The lowest BCUT2D eigenvalue weighted by Gasteiger charge is -2.39. The molecule has 0 bridgehead atoms. The Balaban J connectivity index is 2.12. The Hall–Kier alpha value is -1.19. The molecule has 3 rings (SSSR count). The molecule has 1 heterocycles. The van der Waals surface area contributed by atoms with E-state index in [4.69, 9.17) is 11.6 Å². The van der Waals surface area contributed by atoms with Crippen molar-refractivity contribution in [3.8, 4) is 0 Å². The summed E-state index contributed by atoms with van der Waals surface area (Å²) in [6.07, 6.45) is 8.10. The molecule has 86 valence electrons. The van der Waals surface area contributed by atoms with Crippen LogP contribution in [-0.2, 0) is 0 Å². The monoisotopic (exact) mass is 263 g/mol. The number of para-hydroxylation sites is 1. The molecule has 0 saturated carbocycles. The van der Waals surface area contributed by atoms with Gasteiger partial charge in [-0.25, -0.2) is 0 Å². The number of benzene rings is 1. The second-order valence-corrected chi connectivity index (χ2v) is 5.48. The normalized spacial score (nSPS) is 25.4. The number of fused-ring (bicyclic) bond motifs is 2. The Bertz CT molecular complexity index is 526. The third kappa shape index (κ3) is 1.79. The van der Waals surface area contributed by atoms with Crippen LogP contribution in [0, 0.1) is 0 Å². The van der Waals surface area contributed by atoms with Crippen LogP contribution >= 0.6 is 23.4 Å². The molecule has 0 aromatic heterocycles. The number of anilines is 1. The quantitative estimate of drug-likeness (QED) is 0.524. The summed E-state index contributed by atoms with van der Waals surface area (Å²) in [5, 5.41) is -0.176. The lowest BCUT2D eigenvalue weighted by atomic mass is 10.1. The summed E-state index contributed by atoms with van der Waals surface area (Å²) in [6.45, 7) is 0. The molecule has 0 spiro atoms. The van der Waals surface area contributed by atoms with Crippen molar-refractivity contribution in [1.29, 1.82) is 0 Å². The minimum atomic E-state index is -0.423. The first-order valence-electron chi connectivity index (χ1n) is 5.37. The van der Waals surface area contributed by atoms with Gasteiger partial charge in [-0.1, -0.05) is 36.4 Å². The molecule has 2 atom stereocenters. The summed E-state index contributed by atoms with van der Waals surface area (Å²) in [7, 11) is 0. The summed E-state index contributed by atoms with van der Waals surface area (Å²) in [4.78, 5) is 14.4. The summed E-state index contributed by atoms with van der Waals surface area (Å²) < 4.78 is 0. The predicted octanol–water partition coefficient (Wildman–Crippen LogP) is 3.82. The fourth-order valence-corrected chi connectivity index (χ4v) is 3.65. The first kappa shape index (κ1) is 10.9. The molecule has 0 radical (unpaired) electrons.